The van der Waals surface area contributed by atoms with Crippen LogP contribution in [0.4, 0.5) is 0 Å². The normalized spacial score (nSPS) is 30.0. The van der Waals surface area contributed by atoms with Gasteiger partial charge in [0.1, 0.15) is 0 Å². The van der Waals surface area contributed by atoms with E-state index in [4.69, 9.17) is 10.5 Å². The van der Waals surface area contributed by atoms with Crippen molar-refractivity contribution >= 4 is 12.2 Å². The molecule has 3 nitrogen and oxygen atoms in total. The van der Waals surface area contributed by atoms with Gasteiger partial charge in [-0.05, 0) is 43.9 Å². The van der Waals surface area contributed by atoms with Crippen LogP contribution in [0.5, 0.6) is 0 Å². The van der Waals surface area contributed by atoms with Gasteiger partial charge in [0.05, 0.1) is 5.92 Å². The monoisotopic (exact) mass is 207 g/mol. The second-order valence-electron chi connectivity index (χ2n) is 4.66. The summed E-state index contributed by atoms with van der Waals surface area (Å²) >= 11 is 0. The summed E-state index contributed by atoms with van der Waals surface area (Å²) in [4.78, 5) is 10.7. The number of hydrogen-bond donors (Lipinski definition) is 2. The summed E-state index contributed by atoms with van der Waals surface area (Å²) in [7, 11) is 0. The van der Waals surface area contributed by atoms with Gasteiger partial charge in [-0.15, -0.1) is 0 Å². The minimum absolute atomic E-state index is 0.591. The molecular formula is C12H17NO2. The molecule has 0 aromatic heterocycles. The van der Waals surface area contributed by atoms with Gasteiger partial charge in [-0.25, -0.2) is 0 Å². The van der Waals surface area contributed by atoms with Gasteiger partial charge in [0, 0.05) is 6.21 Å². The van der Waals surface area contributed by atoms with E-state index in [9.17, 15) is 4.79 Å². The average molecular weight is 207 g/mol. The zero-order chi connectivity index (χ0) is 10.8. The summed E-state index contributed by atoms with van der Waals surface area (Å²) in [5.74, 6) is 0.0437. The molecule has 0 heterocycles. The number of carbonyl (C=O) groups is 1. The molecule has 0 amide bonds. The third kappa shape index (κ3) is 2.11. The molecule has 2 aliphatic rings. The van der Waals surface area contributed by atoms with Crippen molar-refractivity contribution in [3.63, 3.8) is 0 Å². The Hall–Kier alpha value is -1.12. The Kier molecular flexibility index (Phi) is 2.89. The maximum atomic E-state index is 10.7. The SMILES string of the molecule is N=CC(CCC1=CC2CCC1C2)C(=O)O. The first kappa shape index (κ1) is 10.4. The standard InChI is InChI=1S/C12H17NO2/c13-7-11(12(14)15)4-3-10-6-8-1-2-9(10)5-8/h6-9,11,13H,1-5H2,(H,14,15). The van der Waals surface area contributed by atoms with Crippen molar-refractivity contribution in [1.82, 2.24) is 0 Å². The number of carboxylic acids is 1. The number of carboxylic acid groups (broad SMARTS) is 1. The molecule has 3 unspecified atom stereocenters. The highest BCUT2D eigenvalue weighted by atomic mass is 16.4. The van der Waals surface area contributed by atoms with E-state index < -0.39 is 11.9 Å². The molecule has 0 spiro atoms. The van der Waals surface area contributed by atoms with Crippen molar-refractivity contribution in [1.29, 1.82) is 5.41 Å². The maximum Gasteiger partial charge on any atom is 0.311 e. The summed E-state index contributed by atoms with van der Waals surface area (Å²) in [6.45, 7) is 0. The fourth-order valence-electron chi connectivity index (χ4n) is 2.83. The highest BCUT2D eigenvalue weighted by Crippen LogP contribution is 2.45. The van der Waals surface area contributed by atoms with Gasteiger partial charge in [-0.3, -0.25) is 4.79 Å². The summed E-state index contributed by atoms with van der Waals surface area (Å²) in [5, 5.41) is 15.9. The van der Waals surface area contributed by atoms with Gasteiger partial charge in [0.25, 0.3) is 0 Å². The van der Waals surface area contributed by atoms with Crippen LogP contribution in [-0.2, 0) is 4.79 Å². The lowest BCUT2D eigenvalue weighted by Crippen LogP contribution is -2.15. The number of allylic oxidation sites excluding steroid dienone is 2. The lowest BCUT2D eigenvalue weighted by molar-refractivity contribution is -0.139. The van der Waals surface area contributed by atoms with E-state index >= 15 is 0 Å². The first-order valence-corrected chi connectivity index (χ1v) is 5.64. The van der Waals surface area contributed by atoms with E-state index in [2.05, 4.69) is 6.08 Å². The first-order chi connectivity index (χ1) is 7.20. The van der Waals surface area contributed by atoms with Gasteiger partial charge in [0.2, 0.25) is 0 Å². The van der Waals surface area contributed by atoms with E-state index in [0.29, 0.717) is 6.42 Å². The van der Waals surface area contributed by atoms with Gasteiger partial charge in [-0.2, -0.15) is 0 Å². The minimum Gasteiger partial charge on any atom is -0.481 e. The van der Waals surface area contributed by atoms with Crippen molar-refractivity contribution < 1.29 is 9.90 Å². The van der Waals surface area contributed by atoms with E-state index in [-0.39, 0.29) is 0 Å². The molecule has 3 atom stereocenters. The van der Waals surface area contributed by atoms with Gasteiger partial charge in [-0.1, -0.05) is 11.6 Å². The third-order valence-corrected chi connectivity index (χ3v) is 3.71. The summed E-state index contributed by atoms with van der Waals surface area (Å²) in [6.07, 6.45) is 8.76. The van der Waals surface area contributed by atoms with Crippen molar-refractivity contribution in [3.05, 3.63) is 11.6 Å². The zero-order valence-corrected chi connectivity index (χ0v) is 8.78. The smallest absolute Gasteiger partial charge is 0.311 e. The molecule has 2 N–H and O–H groups in total. The predicted molar refractivity (Wildman–Crippen MR) is 58.1 cm³/mol. The van der Waals surface area contributed by atoms with Gasteiger partial charge >= 0.3 is 5.97 Å². The molecule has 1 fully saturated rings. The molecule has 0 saturated heterocycles. The largest absolute Gasteiger partial charge is 0.481 e. The van der Waals surface area contributed by atoms with Crippen LogP contribution in [0.2, 0.25) is 0 Å². The Labute approximate surface area is 89.7 Å². The molecule has 0 aliphatic heterocycles. The number of nitrogens with one attached hydrogen (secondary N) is 1. The van der Waals surface area contributed by atoms with Crippen molar-refractivity contribution in [2.24, 2.45) is 17.8 Å². The van der Waals surface area contributed by atoms with Crippen LogP contribution in [0.25, 0.3) is 0 Å². The van der Waals surface area contributed by atoms with Crippen LogP contribution in [-0.4, -0.2) is 17.3 Å². The molecule has 82 valence electrons. The molecule has 2 bridgehead atoms. The molecule has 2 aliphatic carbocycles. The Balaban J connectivity index is 1.86. The quantitative estimate of drug-likeness (QED) is 0.537. The van der Waals surface area contributed by atoms with Crippen LogP contribution >= 0.6 is 0 Å². The van der Waals surface area contributed by atoms with Crippen LogP contribution in [0, 0.1) is 23.2 Å². The van der Waals surface area contributed by atoms with Crippen LogP contribution in [0.3, 0.4) is 0 Å². The fourth-order valence-corrected chi connectivity index (χ4v) is 2.83. The van der Waals surface area contributed by atoms with Crippen LogP contribution in [0.1, 0.15) is 32.1 Å². The summed E-state index contributed by atoms with van der Waals surface area (Å²) in [6, 6.07) is 0. The minimum atomic E-state index is -0.867. The second kappa shape index (κ2) is 4.17. The lowest BCUT2D eigenvalue weighted by Gasteiger charge is -2.14. The zero-order valence-electron chi connectivity index (χ0n) is 8.78. The number of fused-ring (bicyclic) bond motifs is 2. The van der Waals surface area contributed by atoms with Crippen molar-refractivity contribution in [3.8, 4) is 0 Å². The lowest BCUT2D eigenvalue weighted by atomic mass is 9.91. The Morgan fingerprint density at radius 1 is 1.67 bits per heavy atom. The molecule has 2 rings (SSSR count). The highest BCUT2D eigenvalue weighted by Gasteiger charge is 2.32. The number of hydrogen-bond acceptors (Lipinski definition) is 2. The Morgan fingerprint density at radius 3 is 2.93 bits per heavy atom. The predicted octanol–water partition coefficient (Wildman–Crippen LogP) is 2.47. The maximum absolute atomic E-state index is 10.7. The molecule has 0 radical (unpaired) electrons. The van der Waals surface area contributed by atoms with Crippen LogP contribution < -0.4 is 0 Å². The van der Waals surface area contributed by atoms with E-state index in [1.54, 1.807) is 0 Å². The average Bonchev–Trinajstić information content (AvgIpc) is 2.79. The molecular weight excluding hydrogens is 190 g/mol. The fraction of sp³-hybridized carbons (Fsp3) is 0.667. The topological polar surface area (TPSA) is 61.2 Å². The van der Waals surface area contributed by atoms with Gasteiger partial charge in [0.15, 0.2) is 0 Å². The molecule has 0 aromatic rings. The molecule has 0 aromatic carbocycles. The number of aliphatic carboxylic acids is 1. The van der Waals surface area contributed by atoms with Crippen LogP contribution in [0.15, 0.2) is 11.6 Å². The molecule has 15 heavy (non-hydrogen) atoms. The third-order valence-electron chi connectivity index (χ3n) is 3.71. The Morgan fingerprint density at radius 2 is 2.47 bits per heavy atom. The van der Waals surface area contributed by atoms with Crippen molar-refractivity contribution in [2.75, 3.05) is 0 Å². The Bertz CT molecular complexity index is 309. The molecule has 3 heteroatoms. The van der Waals surface area contributed by atoms with E-state index in [1.807, 2.05) is 0 Å². The van der Waals surface area contributed by atoms with Crippen molar-refractivity contribution in [2.45, 2.75) is 32.1 Å². The first-order valence-electron chi connectivity index (χ1n) is 5.64. The second-order valence-corrected chi connectivity index (χ2v) is 4.66. The molecule has 1 saturated carbocycles. The van der Waals surface area contributed by atoms with E-state index in [1.165, 1.54) is 24.8 Å². The highest BCUT2D eigenvalue weighted by molar-refractivity contribution is 5.87. The van der Waals surface area contributed by atoms with Gasteiger partial charge < -0.3 is 10.5 Å². The summed E-state index contributed by atoms with van der Waals surface area (Å²) < 4.78 is 0. The summed E-state index contributed by atoms with van der Waals surface area (Å²) in [5.41, 5.74) is 1.46. The van der Waals surface area contributed by atoms with E-state index in [0.717, 1.165) is 24.5 Å². The number of rotatable bonds is 5.